The fourth-order valence-electron chi connectivity index (χ4n) is 1.25. The van der Waals surface area contributed by atoms with Crippen LogP contribution in [0.25, 0.3) is 0 Å². The number of nitrogens with two attached hydrogens (primary N) is 1. The quantitative estimate of drug-likeness (QED) is 0.776. The SMILES string of the molecule is CC(C)(C)C(N)c1cc(Cl)cc(Cl)c1. The van der Waals surface area contributed by atoms with E-state index in [2.05, 4.69) is 20.8 Å². The third kappa shape index (κ3) is 2.88. The van der Waals surface area contributed by atoms with E-state index in [0.29, 0.717) is 10.0 Å². The van der Waals surface area contributed by atoms with Crippen LogP contribution in [0, 0.1) is 5.41 Å². The first-order valence-corrected chi connectivity index (χ1v) is 5.28. The van der Waals surface area contributed by atoms with Gasteiger partial charge >= 0.3 is 0 Å². The first-order chi connectivity index (χ1) is 6.30. The minimum Gasteiger partial charge on any atom is -0.324 e. The Balaban J connectivity index is 3.07. The van der Waals surface area contributed by atoms with Crippen LogP contribution in [0.5, 0.6) is 0 Å². The Bertz CT molecular complexity index is 308. The van der Waals surface area contributed by atoms with Gasteiger partial charge in [0.25, 0.3) is 0 Å². The second kappa shape index (κ2) is 4.09. The standard InChI is InChI=1S/C11H15Cl2N/c1-11(2,3)10(14)7-4-8(12)6-9(13)5-7/h4-6,10H,14H2,1-3H3. The molecule has 0 amide bonds. The molecule has 0 aliphatic carbocycles. The van der Waals surface area contributed by atoms with Crippen molar-refractivity contribution in [2.75, 3.05) is 0 Å². The molecule has 0 aliphatic rings. The van der Waals surface area contributed by atoms with Gasteiger partial charge in [-0.1, -0.05) is 44.0 Å². The van der Waals surface area contributed by atoms with Crippen molar-refractivity contribution in [1.29, 1.82) is 0 Å². The Morgan fingerprint density at radius 3 is 1.86 bits per heavy atom. The molecule has 0 heterocycles. The zero-order valence-electron chi connectivity index (χ0n) is 8.64. The van der Waals surface area contributed by atoms with E-state index >= 15 is 0 Å². The average molecular weight is 232 g/mol. The summed E-state index contributed by atoms with van der Waals surface area (Å²) < 4.78 is 0. The van der Waals surface area contributed by atoms with E-state index in [1.165, 1.54) is 0 Å². The van der Waals surface area contributed by atoms with E-state index in [1.807, 2.05) is 12.1 Å². The fraction of sp³-hybridized carbons (Fsp3) is 0.455. The molecule has 78 valence electrons. The first kappa shape index (κ1) is 11.8. The number of hydrogen-bond acceptors (Lipinski definition) is 1. The van der Waals surface area contributed by atoms with Crippen molar-refractivity contribution in [3.63, 3.8) is 0 Å². The molecule has 3 heteroatoms. The molecule has 0 fully saturated rings. The summed E-state index contributed by atoms with van der Waals surface area (Å²) in [6.45, 7) is 6.27. The first-order valence-electron chi connectivity index (χ1n) is 4.52. The van der Waals surface area contributed by atoms with E-state index < -0.39 is 0 Å². The van der Waals surface area contributed by atoms with Gasteiger partial charge in [0.15, 0.2) is 0 Å². The zero-order valence-corrected chi connectivity index (χ0v) is 10.2. The van der Waals surface area contributed by atoms with E-state index in [9.17, 15) is 0 Å². The van der Waals surface area contributed by atoms with Crippen LogP contribution in [0.15, 0.2) is 18.2 Å². The molecule has 1 rings (SSSR count). The second-order valence-electron chi connectivity index (χ2n) is 4.55. The predicted molar refractivity (Wildman–Crippen MR) is 62.8 cm³/mol. The monoisotopic (exact) mass is 231 g/mol. The Morgan fingerprint density at radius 1 is 1.07 bits per heavy atom. The van der Waals surface area contributed by atoms with Crippen LogP contribution in [-0.4, -0.2) is 0 Å². The highest BCUT2D eigenvalue weighted by atomic mass is 35.5. The number of halogens is 2. The lowest BCUT2D eigenvalue weighted by molar-refractivity contribution is 0.327. The van der Waals surface area contributed by atoms with Gasteiger partial charge in [-0.25, -0.2) is 0 Å². The molecule has 0 spiro atoms. The van der Waals surface area contributed by atoms with Crippen molar-refractivity contribution in [3.8, 4) is 0 Å². The minimum absolute atomic E-state index is 0.00795. The van der Waals surface area contributed by atoms with Gasteiger partial charge in [0.2, 0.25) is 0 Å². The highest BCUT2D eigenvalue weighted by Crippen LogP contribution is 2.33. The molecule has 0 bridgehead atoms. The lowest BCUT2D eigenvalue weighted by atomic mass is 9.83. The maximum atomic E-state index is 6.09. The predicted octanol–water partition coefficient (Wildman–Crippen LogP) is 4.04. The van der Waals surface area contributed by atoms with Crippen molar-refractivity contribution in [3.05, 3.63) is 33.8 Å². The lowest BCUT2D eigenvalue weighted by Gasteiger charge is -2.27. The van der Waals surface area contributed by atoms with E-state index in [1.54, 1.807) is 6.07 Å². The van der Waals surface area contributed by atoms with Crippen molar-refractivity contribution in [2.45, 2.75) is 26.8 Å². The topological polar surface area (TPSA) is 26.0 Å². The van der Waals surface area contributed by atoms with Crippen LogP contribution in [0.4, 0.5) is 0 Å². The van der Waals surface area contributed by atoms with Gasteiger partial charge in [-0.15, -0.1) is 0 Å². The molecule has 0 radical (unpaired) electrons. The minimum atomic E-state index is -0.0568. The molecule has 2 N–H and O–H groups in total. The molecular weight excluding hydrogens is 217 g/mol. The maximum absolute atomic E-state index is 6.09. The molecule has 14 heavy (non-hydrogen) atoms. The van der Waals surface area contributed by atoms with Crippen LogP contribution in [0.1, 0.15) is 32.4 Å². The highest BCUT2D eigenvalue weighted by Gasteiger charge is 2.22. The Labute approximate surface area is 95.2 Å². The largest absolute Gasteiger partial charge is 0.324 e. The van der Waals surface area contributed by atoms with Crippen LogP contribution in [0.2, 0.25) is 10.0 Å². The Morgan fingerprint density at radius 2 is 1.50 bits per heavy atom. The molecular formula is C11H15Cl2N. The van der Waals surface area contributed by atoms with Gasteiger partial charge in [-0.2, -0.15) is 0 Å². The van der Waals surface area contributed by atoms with E-state index in [0.717, 1.165) is 5.56 Å². The normalized spacial score (nSPS) is 14.1. The summed E-state index contributed by atoms with van der Waals surface area (Å²) in [4.78, 5) is 0. The summed E-state index contributed by atoms with van der Waals surface area (Å²) in [7, 11) is 0. The van der Waals surface area contributed by atoms with Gasteiger partial charge in [0.1, 0.15) is 0 Å². The molecule has 1 atom stereocenters. The molecule has 1 aromatic carbocycles. The summed E-state index contributed by atoms with van der Waals surface area (Å²) in [6, 6.07) is 5.38. The zero-order chi connectivity index (χ0) is 10.9. The number of rotatable bonds is 1. The van der Waals surface area contributed by atoms with E-state index in [-0.39, 0.29) is 11.5 Å². The van der Waals surface area contributed by atoms with Crippen LogP contribution >= 0.6 is 23.2 Å². The molecule has 0 aliphatic heterocycles. The molecule has 1 nitrogen and oxygen atoms in total. The Kier molecular flexibility index (Phi) is 3.46. The maximum Gasteiger partial charge on any atom is 0.0424 e. The lowest BCUT2D eigenvalue weighted by Crippen LogP contribution is -2.26. The van der Waals surface area contributed by atoms with Crippen molar-refractivity contribution >= 4 is 23.2 Å². The average Bonchev–Trinajstić information content (AvgIpc) is 1.99. The van der Waals surface area contributed by atoms with Gasteiger partial charge in [0, 0.05) is 16.1 Å². The third-order valence-electron chi connectivity index (χ3n) is 2.18. The van der Waals surface area contributed by atoms with Crippen molar-refractivity contribution < 1.29 is 0 Å². The van der Waals surface area contributed by atoms with Gasteiger partial charge < -0.3 is 5.73 Å². The smallest absolute Gasteiger partial charge is 0.0424 e. The summed E-state index contributed by atoms with van der Waals surface area (Å²) in [5.41, 5.74) is 7.08. The third-order valence-corrected chi connectivity index (χ3v) is 2.61. The fourth-order valence-corrected chi connectivity index (χ4v) is 1.80. The number of benzene rings is 1. The van der Waals surface area contributed by atoms with Crippen molar-refractivity contribution in [2.24, 2.45) is 11.1 Å². The highest BCUT2D eigenvalue weighted by molar-refractivity contribution is 6.34. The summed E-state index contributed by atoms with van der Waals surface area (Å²) in [6.07, 6.45) is 0. The molecule has 1 unspecified atom stereocenters. The van der Waals surface area contributed by atoms with Gasteiger partial charge in [-0.05, 0) is 29.2 Å². The summed E-state index contributed by atoms with van der Waals surface area (Å²) >= 11 is 11.8. The van der Waals surface area contributed by atoms with Crippen LogP contribution in [0.3, 0.4) is 0 Å². The van der Waals surface area contributed by atoms with E-state index in [4.69, 9.17) is 28.9 Å². The summed E-state index contributed by atoms with van der Waals surface area (Å²) in [5, 5.41) is 1.26. The molecule has 0 saturated heterocycles. The Hall–Kier alpha value is -0.240. The molecule has 1 aromatic rings. The van der Waals surface area contributed by atoms with Crippen LogP contribution in [-0.2, 0) is 0 Å². The second-order valence-corrected chi connectivity index (χ2v) is 5.42. The molecule has 0 saturated carbocycles. The van der Waals surface area contributed by atoms with Gasteiger partial charge in [-0.3, -0.25) is 0 Å². The van der Waals surface area contributed by atoms with Crippen molar-refractivity contribution in [1.82, 2.24) is 0 Å². The van der Waals surface area contributed by atoms with Gasteiger partial charge in [0.05, 0.1) is 0 Å². The number of hydrogen-bond donors (Lipinski definition) is 1. The van der Waals surface area contributed by atoms with Crippen LogP contribution < -0.4 is 5.73 Å². The summed E-state index contributed by atoms with van der Waals surface area (Å²) in [5.74, 6) is 0. The molecule has 0 aromatic heterocycles.